The van der Waals surface area contributed by atoms with Crippen LogP contribution in [0.1, 0.15) is 5.56 Å². The fourth-order valence-corrected chi connectivity index (χ4v) is 1.85. The van der Waals surface area contributed by atoms with Crippen LogP contribution in [0.15, 0.2) is 18.3 Å². The van der Waals surface area contributed by atoms with Crippen LogP contribution in [-0.4, -0.2) is 44.1 Å². The van der Waals surface area contributed by atoms with Crippen LogP contribution in [0.2, 0.25) is 0 Å². The van der Waals surface area contributed by atoms with Gasteiger partial charge in [-0.15, -0.1) is 0 Å². The molecule has 0 unspecified atom stereocenters. The Balaban J connectivity index is 2.48. The zero-order valence-electron chi connectivity index (χ0n) is 9.77. The van der Waals surface area contributed by atoms with E-state index >= 15 is 0 Å². The van der Waals surface area contributed by atoms with Gasteiger partial charge in [0.05, 0.1) is 5.75 Å². The van der Waals surface area contributed by atoms with E-state index in [1.807, 2.05) is 19.1 Å². The van der Waals surface area contributed by atoms with Crippen molar-refractivity contribution in [3.05, 3.63) is 23.9 Å². The first-order valence-corrected chi connectivity index (χ1v) is 6.59. The van der Waals surface area contributed by atoms with E-state index in [9.17, 15) is 8.42 Å². The quantitative estimate of drug-likeness (QED) is 0.826. The highest BCUT2D eigenvalue weighted by Crippen LogP contribution is 2.05. The monoisotopic (exact) mass is 243 g/mol. The zero-order chi connectivity index (χ0) is 12.2. The molecule has 16 heavy (non-hydrogen) atoms. The molecule has 1 aromatic rings. The highest BCUT2D eigenvalue weighted by molar-refractivity contribution is 7.89. The lowest BCUT2D eigenvalue weighted by Crippen LogP contribution is -2.28. The molecule has 90 valence electrons. The molecular formula is C10H17N3O2S. The molecule has 1 aromatic heterocycles. The summed E-state index contributed by atoms with van der Waals surface area (Å²) in [6, 6.07) is 3.77. The first-order chi connectivity index (χ1) is 7.42. The average molecular weight is 243 g/mol. The van der Waals surface area contributed by atoms with Crippen LogP contribution in [-0.2, 0) is 10.0 Å². The first-order valence-electron chi connectivity index (χ1n) is 4.98. The Bertz CT molecular complexity index is 443. The minimum absolute atomic E-state index is 0.0651. The maximum absolute atomic E-state index is 11.5. The molecular weight excluding hydrogens is 226 g/mol. The third-order valence-corrected chi connectivity index (χ3v) is 3.97. The fourth-order valence-electron chi connectivity index (χ4n) is 1.12. The Morgan fingerprint density at radius 2 is 2.12 bits per heavy atom. The van der Waals surface area contributed by atoms with E-state index in [1.165, 1.54) is 18.4 Å². The minimum atomic E-state index is -3.14. The molecule has 0 atom stereocenters. The SMILES string of the molecule is Cc1ccnc(NCCS(=O)(=O)N(C)C)c1. The molecule has 0 spiro atoms. The van der Waals surface area contributed by atoms with E-state index in [1.54, 1.807) is 6.20 Å². The van der Waals surface area contributed by atoms with Crippen molar-refractivity contribution >= 4 is 15.8 Å². The summed E-state index contributed by atoms with van der Waals surface area (Å²) in [4.78, 5) is 4.08. The fraction of sp³-hybridized carbons (Fsp3) is 0.500. The molecule has 0 fully saturated rings. The van der Waals surface area contributed by atoms with Crippen LogP contribution in [0.4, 0.5) is 5.82 Å². The number of nitrogens with one attached hydrogen (secondary N) is 1. The van der Waals surface area contributed by atoms with Gasteiger partial charge < -0.3 is 5.32 Å². The lowest BCUT2D eigenvalue weighted by molar-refractivity contribution is 0.521. The van der Waals surface area contributed by atoms with E-state index in [4.69, 9.17) is 0 Å². The predicted molar refractivity (Wildman–Crippen MR) is 64.9 cm³/mol. The van der Waals surface area contributed by atoms with Crippen molar-refractivity contribution in [3.63, 3.8) is 0 Å². The molecule has 0 bridgehead atoms. The zero-order valence-corrected chi connectivity index (χ0v) is 10.6. The molecule has 1 heterocycles. The molecule has 0 radical (unpaired) electrons. The lowest BCUT2D eigenvalue weighted by atomic mass is 10.3. The summed E-state index contributed by atoms with van der Waals surface area (Å²) >= 11 is 0. The lowest BCUT2D eigenvalue weighted by Gasteiger charge is -2.11. The van der Waals surface area contributed by atoms with Crippen molar-refractivity contribution in [2.24, 2.45) is 0 Å². The van der Waals surface area contributed by atoms with Crippen LogP contribution >= 0.6 is 0 Å². The molecule has 0 aliphatic rings. The van der Waals surface area contributed by atoms with E-state index in [2.05, 4.69) is 10.3 Å². The number of pyridine rings is 1. The third kappa shape index (κ3) is 3.79. The van der Waals surface area contributed by atoms with E-state index in [-0.39, 0.29) is 5.75 Å². The van der Waals surface area contributed by atoms with Crippen LogP contribution < -0.4 is 5.32 Å². The van der Waals surface area contributed by atoms with E-state index < -0.39 is 10.0 Å². The number of rotatable bonds is 5. The van der Waals surface area contributed by atoms with Gasteiger partial charge in [0.2, 0.25) is 10.0 Å². The van der Waals surface area contributed by atoms with Crippen molar-refractivity contribution < 1.29 is 8.42 Å². The molecule has 0 aliphatic carbocycles. The summed E-state index contributed by atoms with van der Waals surface area (Å²) in [6.45, 7) is 2.32. The van der Waals surface area contributed by atoms with Crippen molar-refractivity contribution in [1.82, 2.24) is 9.29 Å². The second-order valence-corrected chi connectivity index (χ2v) is 6.05. The summed E-state index contributed by atoms with van der Waals surface area (Å²) < 4.78 is 24.1. The van der Waals surface area contributed by atoms with Gasteiger partial charge in [-0.05, 0) is 24.6 Å². The number of nitrogens with zero attached hydrogens (tertiary/aromatic N) is 2. The summed E-state index contributed by atoms with van der Waals surface area (Å²) in [5.41, 5.74) is 1.09. The van der Waals surface area contributed by atoms with Gasteiger partial charge in [-0.1, -0.05) is 0 Å². The third-order valence-electron chi connectivity index (χ3n) is 2.14. The Morgan fingerprint density at radius 1 is 1.44 bits per heavy atom. The van der Waals surface area contributed by atoms with Gasteiger partial charge >= 0.3 is 0 Å². The van der Waals surface area contributed by atoms with Crippen LogP contribution in [0.3, 0.4) is 0 Å². The molecule has 1 rings (SSSR count). The summed E-state index contributed by atoms with van der Waals surface area (Å²) in [6.07, 6.45) is 1.69. The largest absolute Gasteiger partial charge is 0.369 e. The number of hydrogen-bond donors (Lipinski definition) is 1. The molecule has 0 aliphatic heterocycles. The molecule has 5 nitrogen and oxygen atoms in total. The van der Waals surface area contributed by atoms with Gasteiger partial charge in [0.15, 0.2) is 0 Å². The maximum atomic E-state index is 11.5. The van der Waals surface area contributed by atoms with Gasteiger partial charge in [0, 0.05) is 26.8 Å². The predicted octanol–water partition coefficient (Wildman–Crippen LogP) is 0.693. The standard InChI is InChI=1S/C10H17N3O2S/c1-9-4-5-11-10(8-9)12-6-7-16(14,15)13(2)3/h4-5,8H,6-7H2,1-3H3,(H,11,12). The maximum Gasteiger partial charge on any atom is 0.215 e. The first kappa shape index (κ1) is 12.9. The van der Waals surface area contributed by atoms with Crippen molar-refractivity contribution in [3.8, 4) is 0 Å². The highest BCUT2D eigenvalue weighted by Gasteiger charge is 2.12. The number of hydrogen-bond acceptors (Lipinski definition) is 4. The Morgan fingerprint density at radius 3 is 2.69 bits per heavy atom. The van der Waals surface area contributed by atoms with Gasteiger partial charge in [0.1, 0.15) is 5.82 Å². The van der Waals surface area contributed by atoms with Crippen LogP contribution in [0.25, 0.3) is 0 Å². The number of sulfonamides is 1. The average Bonchev–Trinajstić information content (AvgIpc) is 2.17. The number of aryl methyl sites for hydroxylation is 1. The molecule has 0 saturated heterocycles. The van der Waals surface area contributed by atoms with Gasteiger partial charge in [0.25, 0.3) is 0 Å². The van der Waals surface area contributed by atoms with Crippen molar-refractivity contribution in [2.45, 2.75) is 6.92 Å². The normalized spacial score (nSPS) is 11.8. The highest BCUT2D eigenvalue weighted by atomic mass is 32.2. The molecule has 6 heteroatoms. The van der Waals surface area contributed by atoms with Crippen LogP contribution in [0, 0.1) is 6.92 Å². The number of anilines is 1. The second kappa shape index (κ2) is 5.27. The van der Waals surface area contributed by atoms with Gasteiger partial charge in [-0.3, -0.25) is 0 Å². The smallest absolute Gasteiger partial charge is 0.215 e. The van der Waals surface area contributed by atoms with Gasteiger partial charge in [-0.2, -0.15) is 0 Å². The minimum Gasteiger partial charge on any atom is -0.369 e. The molecule has 0 aromatic carbocycles. The second-order valence-electron chi connectivity index (χ2n) is 3.74. The Hall–Kier alpha value is -1.14. The number of aromatic nitrogens is 1. The molecule has 0 saturated carbocycles. The van der Waals surface area contributed by atoms with Crippen molar-refractivity contribution in [1.29, 1.82) is 0 Å². The summed E-state index contributed by atoms with van der Waals surface area (Å²) in [5.74, 6) is 0.768. The van der Waals surface area contributed by atoms with Crippen molar-refractivity contribution in [2.75, 3.05) is 31.7 Å². The molecule has 1 N–H and O–H groups in total. The topological polar surface area (TPSA) is 62.3 Å². The summed E-state index contributed by atoms with van der Waals surface area (Å²) in [7, 11) is -0.0794. The van der Waals surface area contributed by atoms with E-state index in [0.29, 0.717) is 12.4 Å². The van der Waals surface area contributed by atoms with Gasteiger partial charge in [-0.25, -0.2) is 17.7 Å². The van der Waals surface area contributed by atoms with E-state index in [0.717, 1.165) is 5.56 Å². The Kier molecular flexibility index (Phi) is 4.26. The van der Waals surface area contributed by atoms with Crippen LogP contribution in [0.5, 0.6) is 0 Å². The molecule has 0 amide bonds. The Labute approximate surface area is 96.5 Å². The summed E-state index contributed by atoms with van der Waals surface area (Å²) in [5, 5.41) is 2.98.